The number of nitrogens with zero attached hydrogens (tertiary/aromatic N) is 2. The molecule has 3 amide bonds. The van der Waals surface area contributed by atoms with Crippen molar-refractivity contribution >= 4 is 17.7 Å². The molecule has 6 heteroatoms. The van der Waals surface area contributed by atoms with Crippen molar-refractivity contribution in [1.82, 2.24) is 15.1 Å². The van der Waals surface area contributed by atoms with Gasteiger partial charge in [0.15, 0.2) is 0 Å². The first-order chi connectivity index (χ1) is 9.49. The normalized spacial score (nSPS) is 27.3. The fraction of sp³-hybridized carbons (Fsp3) is 0.786. The lowest BCUT2D eigenvalue weighted by molar-refractivity contribution is -0.141. The van der Waals surface area contributed by atoms with Crippen molar-refractivity contribution in [2.75, 3.05) is 13.6 Å². The molecule has 20 heavy (non-hydrogen) atoms. The Morgan fingerprint density at radius 3 is 2.30 bits per heavy atom. The number of hydrogen-bond donors (Lipinski definition) is 1. The van der Waals surface area contributed by atoms with Crippen LogP contribution in [0.1, 0.15) is 39.5 Å². The topological polar surface area (TPSA) is 69.7 Å². The van der Waals surface area contributed by atoms with Gasteiger partial charge in [0.1, 0.15) is 0 Å². The molecule has 0 aromatic carbocycles. The molecule has 112 valence electrons. The largest absolute Gasteiger partial charge is 0.344 e. The predicted octanol–water partition coefficient (Wildman–Crippen LogP) is 0.123. The maximum atomic E-state index is 12.4. The highest BCUT2D eigenvalue weighted by Crippen LogP contribution is 2.21. The van der Waals surface area contributed by atoms with E-state index in [1.165, 1.54) is 4.90 Å². The van der Waals surface area contributed by atoms with E-state index < -0.39 is 6.04 Å². The molecule has 2 aliphatic heterocycles. The van der Waals surface area contributed by atoms with Crippen molar-refractivity contribution in [1.29, 1.82) is 0 Å². The Hall–Kier alpha value is -1.43. The number of hydrogen-bond acceptors (Lipinski definition) is 4. The van der Waals surface area contributed by atoms with Gasteiger partial charge in [-0.1, -0.05) is 13.8 Å². The van der Waals surface area contributed by atoms with E-state index >= 15 is 0 Å². The second-order valence-electron chi connectivity index (χ2n) is 5.60. The van der Waals surface area contributed by atoms with E-state index in [0.717, 1.165) is 12.8 Å². The maximum absolute atomic E-state index is 12.4. The monoisotopic (exact) mass is 281 g/mol. The zero-order valence-corrected chi connectivity index (χ0v) is 12.4. The molecule has 0 aliphatic carbocycles. The Morgan fingerprint density at radius 1 is 1.15 bits per heavy atom. The van der Waals surface area contributed by atoms with Crippen LogP contribution in [0, 0.1) is 0 Å². The van der Waals surface area contributed by atoms with Gasteiger partial charge in [-0.25, -0.2) is 0 Å². The van der Waals surface area contributed by atoms with Crippen LogP contribution in [0.25, 0.3) is 0 Å². The molecule has 6 nitrogen and oxygen atoms in total. The summed E-state index contributed by atoms with van der Waals surface area (Å²) >= 11 is 0. The molecule has 2 rings (SSSR count). The molecule has 2 fully saturated rings. The Labute approximate surface area is 119 Å². The summed E-state index contributed by atoms with van der Waals surface area (Å²) in [6.45, 7) is 4.65. The van der Waals surface area contributed by atoms with Gasteiger partial charge in [0.25, 0.3) is 0 Å². The Kier molecular flexibility index (Phi) is 4.42. The molecule has 2 saturated heterocycles. The lowest BCUT2D eigenvalue weighted by atomic mass is 10.1. The summed E-state index contributed by atoms with van der Waals surface area (Å²) in [7, 11) is 1.75. The molecule has 0 aromatic heterocycles. The second kappa shape index (κ2) is 5.91. The summed E-state index contributed by atoms with van der Waals surface area (Å²) in [5.74, 6) is -0.294. The van der Waals surface area contributed by atoms with Crippen molar-refractivity contribution in [3.63, 3.8) is 0 Å². The van der Waals surface area contributed by atoms with Crippen LogP contribution in [-0.2, 0) is 14.4 Å². The minimum atomic E-state index is -0.538. The smallest absolute Gasteiger partial charge is 0.247 e. The quantitative estimate of drug-likeness (QED) is 0.727. The van der Waals surface area contributed by atoms with Crippen LogP contribution in [-0.4, -0.2) is 59.2 Å². The molecule has 0 radical (unpaired) electrons. The summed E-state index contributed by atoms with van der Waals surface area (Å²) in [5.41, 5.74) is 0. The molecule has 2 heterocycles. The maximum Gasteiger partial charge on any atom is 0.247 e. The van der Waals surface area contributed by atoms with Gasteiger partial charge in [0.05, 0.1) is 18.5 Å². The van der Waals surface area contributed by atoms with E-state index in [2.05, 4.69) is 5.32 Å². The van der Waals surface area contributed by atoms with Gasteiger partial charge in [-0.15, -0.1) is 0 Å². The third-order valence-electron chi connectivity index (χ3n) is 4.32. The van der Waals surface area contributed by atoms with Gasteiger partial charge >= 0.3 is 0 Å². The van der Waals surface area contributed by atoms with Crippen molar-refractivity contribution in [2.24, 2.45) is 0 Å². The number of amides is 3. The summed E-state index contributed by atoms with van der Waals surface area (Å²) < 4.78 is 0. The molecular formula is C14H23N3O3. The SMILES string of the molecule is CCC(CC)N1C(=O)CC(NC2CCN(C)C2=O)C1=O. The van der Waals surface area contributed by atoms with Crippen LogP contribution >= 0.6 is 0 Å². The van der Waals surface area contributed by atoms with Gasteiger partial charge < -0.3 is 4.90 Å². The van der Waals surface area contributed by atoms with Crippen LogP contribution in [0.3, 0.4) is 0 Å². The number of likely N-dealkylation sites (N-methyl/N-ethyl adjacent to an activating group) is 1. The fourth-order valence-electron chi connectivity index (χ4n) is 3.04. The molecule has 0 spiro atoms. The first-order valence-electron chi connectivity index (χ1n) is 7.36. The standard InChI is InChI=1S/C14H23N3O3/c1-4-9(5-2)17-12(18)8-11(14(17)20)15-10-6-7-16(3)13(10)19/h9-11,15H,4-8H2,1-3H3. The minimum absolute atomic E-state index is 0.00577. The third-order valence-corrected chi connectivity index (χ3v) is 4.32. The first-order valence-corrected chi connectivity index (χ1v) is 7.36. The van der Waals surface area contributed by atoms with Gasteiger partial charge in [-0.05, 0) is 19.3 Å². The molecule has 2 unspecified atom stereocenters. The molecular weight excluding hydrogens is 258 g/mol. The zero-order valence-electron chi connectivity index (χ0n) is 12.4. The minimum Gasteiger partial charge on any atom is -0.344 e. The summed E-state index contributed by atoms with van der Waals surface area (Å²) in [6.07, 6.45) is 2.40. The van der Waals surface area contributed by atoms with E-state index in [1.807, 2.05) is 13.8 Å². The van der Waals surface area contributed by atoms with Gasteiger partial charge in [-0.2, -0.15) is 0 Å². The van der Waals surface area contributed by atoms with Crippen molar-refractivity contribution < 1.29 is 14.4 Å². The van der Waals surface area contributed by atoms with Gasteiger partial charge in [-0.3, -0.25) is 24.6 Å². The number of nitrogens with one attached hydrogen (secondary N) is 1. The number of carbonyl (C=O) groups is 3. The van der Waals surface area contributed by atoms with Crippen LogP contribution in [0.2, 0.25) is 0 Å². The van der Waals surface area contributed by atoms with Gasteiger partial charge in [0, 0.05) is 19.6 Å². The number of likely N-dealkylation sites (tertiary alicyclic amines) is 2. The molecule has 0 bridgehead atoms. The fourth-order valence-corrected chi connectivity index (χ4v) is 3.04. The average molecular weight is 281 g/mol. The molecule has 0 saturated carbocycles. The average Bonchev–Trinajstić information content (AvgIpc) is 2.88. The third kappa shape index (κ3) is 2.57. The Balaban J connectivity index is 2.03. The molecule has 2 atom stereocenters. The lowest BCUT2D eigenvalue weighted by Crippen LogP contribution is -2.48. The predicted molar refractivity (Wildman–Crippen MR) is 73.8 cm³/mol. The van der Waals surface area contributed by atoms with Crippen molar-refractivity contribution in [2.45, 2.75) is 57.7 Å². The van der Waals surface area contributed by atoms with E-state index in [1.54, 1.807) is 11.9 Å². The highest BCUT2D eigenvalue weighted by Gasteiger charge is 2.43. The summed E-state index contributed by atoms with van der Waals surface area (Å²) in [6, 6.07) is -0.893. The highest BCUT2D eigenvalue weighted by atomic mass is 16.2. The van der Waals surface area contributed by atoms with Gasteiger partial charge in [0.2, 0.25) is 17.7 Å². The van der Waals surface area contributed by atoms with Crippen LogP contribution in [0.5, 0.6) is 0 Å². The second-order valence-corrected chi connectivity index (χ2v) is 5.60. The van der Waals surface area contributed by atoms with Crippen LogP contribution < -0.4 is 5.32 Å². The van der Waals surface area contributed by atoms with Crippen LogP contribution in [0.4, 0.5) is 0 Å². The van der Waals surface area contributed by atoms with E-state index in [9.17, 15) is 14.4 Å². The number of imide groups is 1. The Bertz CT molecular complexity index is 420. The molecule has 2 aliphatic rings. The number of rotatable bonds is 5. The lowest BCUT2D eigenvalue weighted by Gasteiger charge is -2.24. The molecule has 1 N–H and O–H groups in total. The summed E-state index contributed by atoms with van der Waals surface area (Å²) in [5, 5.41) is 3.07. The van der Waals surface area contributed by atoms with Crippen molar-refractivity contribution in [3.8, 4) is 0 Å². The van der Waals surface area contributed by atoms with E-state index in [-0.39, 0.29) is 36.2 Å². The highest BCUT2D eigenvalue weighted by molar-refractivity contribution is 6.06. The Morgan fingerprint density at radius 2 is 1.80 bits per heavy atom. The summed E-state index contributed by atoms with van der Waals surface area (Å²) in [4.78, 5) is 39.3. The zero-order chi connectivity index (χ0) is 14.9. The first kappa shape index (κ1) is 15.0. The van der Waals surface area contributed by atoms with Crippen LogP contribution in [0.15, 0.2) is 0 Å². The molecule has 0 aromatic rings. The van der Waals surface area contributed by atoms with E-state index in [4.69, 9.17) is 0 Å². The van der Waals surface area contributed by atoms with Crippen molar-refractivity contribution in [3.05, 3.63) is 0 Å². The number of carbonyl (C=O) groups excluding carboxylic acids is 3. The van der Waals surface area contributed by atoms with E-state index in [0.29, 0.717) is 13.0 Å².